The predicted molar refractivity (Wildman–Crippen MR) is 58.4 cm³/mol. The van der Waals surface area contributed by atoms with Gasteiger partial charge in [-0.25, -0.2) is 10.1 Å². The molecule has 0 aromatic carbocycles. The molecule has 2 atom stereocenters. The van der Waals surface area contributed by atoms with Crippen molar-refractivity contribution >= 4 is 13.7 Å². The van der Waals surface area contributed by atoms with Gasteiger partial charge < -0.3 is 15.4 Å². The van der Waals surface area contributed by atoms with Crippen LogP contribution in [0.15, 0.2) is 0 Å². The predicted octanol–water partition coefficient (Wildman–Crippen LogP) is 0.121. The summed E-state index contributed by atoms with van der Waals surface area (Å²) in [6.07, 6.45) is 0.0661. The Hall–Kier alpha value is -0.460. The smallest absolute Gasteiger partial charge is 0.400 e. The Balaban J connectivity index is 3.94. The minimum atomic E-state index is -4.00. The Morgan fingerprint density at radius 2 is 2.00 bits per heavy atom. The highest BCUT2D eigenvalue weighted by Crippen LogP contribution is 2.31. The van der Waals surface area contributed by atoms with Gasteiger partial charge in [0.1, 0.15) is 11.6 Å². The summed E-state index contributed by atoms with van der Waals surface area (Å²) < 4.78 is 19.9. The third-order valence-electron chi connectivity index (χ3n) is 1.41. The number of hydrogen-bond acceptors (Lipinski definition) is 5. The molecule has 0 heterocycles. The Kier molecular flexibility index (Phi) is 5.58. The van der Waals surface area contributed by atoms with Gasteiger partial charge in [-0.05, 0) is 27.2 Å². The molecule has 0 saturated heterocycles. The monoisotopic (exact) mass is 254 g/mol. The van der Waals surface area contributed by atoms with E-state index in [0.29, 0.717) is 0 Å². The second kappa shape index (κ2) is 5.75. The summed E-state index contributed by atoms with van der Waals surface area (Å²) in [5.41, 5.74) is 9.60. The number of nitrogens with two attached hydrogens (primary N) is 2. The van der Waals surface area contributed by atoms with Crippen LogP contribution in [0, 0.1) is 0 Å². The zero-order chi connectivity index (χ0) is 13.0. The van der Waals surface area contributed by atoms with Crippen LogP contribution in [0.2, 0.25) is 0 Å². The topological polar surface area (TPSA) is 125 Å². The van der Waals surface area contributed by atoms with Crippen LogP contribution in [-0.2, 0) is 18.6 Å². The SMILES string of the molecule is CC(C)(C)OC(=O)C(N)CCOP(N)(=O)O. The highest BCUT2D eigenvalue weighted by Gasteiger charge is 2.22. The Morgan fingerprint density at radius 1 is 1.50 bits per heavy atom. The molecule has 0 aromatic rings. The van der Waals surface area contributed by atoms with Gasteiger partial charge in [-0.1, -0.05) is 0 Å². The number of ether oxygens (including phenoxy) is 1. The Morgan fingerprint density at radius 3 is 2.38 bits per heavy atom. The number of hydrogen-bond donors (Lipinski definition) is 3. The van der Waals surface area contributed by atoms with Gasteiger partial charge >= 0.3 is 13.7 Å². The van der Waals surface area contributed by atoms with Crippen LogP contribution in [0.3, 0.4) is 0 Å². The van der Waals surface area contributed by atoms with Gasteiger partial charge in [0.05, 0.1) is 6.61 Å². The van der Waals surface area contributed by atoms with E-state index in [2.05, 4.69) is 4.52 Å². The maximum absolute atomic E-state index is 11.3. The summed E-state index contributed by atoms with van der Waals surface area (Å²) in [6.45, 7) is 4.98. The van der Waals surface area contributed by atoms with E-state index in [1.54, 1.807) is 20.8 Å². The lowest BCUT2D eigenvalue weighted by molar-refractivity contribution is -0.156. The van der Waals surface area contributed by atoms with Crippen molar-refractivity contribution in [2.24, 2.45) is 11.2 Å². The van der Waals surface area contributed by atoms with E-state index in [-0.39, 0.29) is 13.0 Å². The Bertz CT molecular complexity index is 283. The Labute approximate surface area is 94.7 Å². The molecule has 0 bridgehead atoms. The normalized spacial score (nSPS) is 17.6. The molecule has 8 heteroatoms. The molecule has 0 aromatic heterocycles. The summed E-state index contributed by atoms with van der Waals surface area (Å²) in [7, 11) is -4.00. The lowest BCUT2D eigenvalue weighted by Crippen LogP contribution is -2.38. The van der Waals surface area contributed by atoms with E-state index in [0.717, 1.165) is 0 Å². The van der Waals surface area contributed by atoms with Crippen molar-refractivity contribution < 1.29 is 23.5 Å². The average Bonchev–Trinajstić information content (AvgIpc) is 1.98. The van der Waals surface area contributed by atoms with E-state index in [1.807, 2.05) is 0 Å². The third kappa shape index (κ3) is 8.82. The van der Waals surface area contributed by atoms with Crippen LogP contribution in [0.1, 0.15) is 27.2 Å². The molecule has 0 amide bonds. The van der Waals surface area contributed by atoms with Crippen LogP contribution in [-0.4, -0.2) is 29.1 Å². The van der Waals surface area contributed by atoms with Crippen LogP contribution >= 0.6 is 7.75 Å². The number of esters is 1. The van der Waals surface area contributed by atoms with Gasteiger partial charge in [0, 0.05) is 0 Å². The first-order valence-corrected chi connectivity index (χ1v) is 6.40. The molecular formula is C8H19N2O5P. The lowest BCUT2D eigenvalue weighted by Gasteiger charge is -2.22. The molecular weight excluding hydrogens is 235 g/mol. The van der Waals surface area contributed by atoms with E-state index >= 15 is 0 Å². The van der Waals surface area contributed by atoms with Gasteiger partial charge in [-0.3, -0.25) is 9.32 Å². The fourth-order valence-electron chi connectivity index (χ4n) is 0.806. The number of carbonyl (C=O) groups excluding carboxylic acids is 1. The largest absolute Gasteiger partial charge is 0.459 e. The van der Waals surface area contributed by atoms with Gasteiger partial charge in [-0.15, -0.1) is 0 Å². The molecule has 0 saturated carbocycles. The summed E-state index contributed by atoms with van der Waals surface area (Å²) in [5.74, 6) is -0.583. The summed E-state index contributed by atoms with van der Waals surface area (Å²) >= 11 is 0. The number of carbonyl (C=O) groups is 1. The molecule has 0 fully saturated rings. The molecule has 5 N–H and O–H groups in total. The van der Waals surface area contributed by atoms with Crippen LogP contribution in [0.5, 0.6) is 0 Å². The quantitative estimate of drug-likeness (QED) is 0.470. The van der Waals surface area contributed by atoms with Crippen molar-refractivity contribution in [2.75, 3.05) is 6.61 Å². The standard InChI is InChI=1S/C8H19N2O5P/c1-8(2,3)15-7(11)6(9)4-5-14-16(10,12)13/h6H,4-5,9H2,1-3H3,(H3,10,12,13). The minimum Gasteiger partial charge on any atom is -0.459 e. The average molecular weight is 254 g/mol. The van der Waals surface area contributed by atoms with Crippen molar-refractivity contribution in [1.29, 1.82) is 0 Å². The van der Waals surface area contributed by atoms with Crippen LogP contribution in [0.4, 0.5) is 0 Å². The maximum Gasteiger partial charge on any atom is 0.400 e. The van der Waals surface area contributed by atoms with Crippen molar-refractivity contribution in [1.82, 2.24) is 0 Å². The molecule has 16 heavy (non-hydrogen) atoms. The molecule has 0 spiro atoms. The van der Waals surface area contributed by atoms with Crippen molar-refractivity contribution in [3.05, 3.63) is 0 Å². The highest BCUT2D eigenvalue weighted by molar-refractivity contribution is 7.50. The van der Waals surface area contributed by atoms with E-state index in [4.69, 9.17) is 20.9 Å². The van der Waals surface area contributed by atoms with Crippen LogP contribution < -0.4 is 11.2 Å². The van der Waals surface area contributed by atoms with Gasteiger partial charge in [-0.2, -0.15) is 0 Å². The van der Waals surface area contributed by atoms with Gasteiger partial charge in [0.25, 0.3) is 0 Å². The highest BCUT2D eigenvalue weighted by atomic mass is 31.2. The summed E-state index contributed by atoms with van der Waals surface area (Å²) in [4.78, 5) is 20.0. The molecule has 0 aliphatic carbocycles. The van der Waals surface area contributed by atoms with Gasteiger partial charge in [0.2, 0.25) is 0 Å². The third-order valence-corrected chi connectivity index (χ3v) is 1.97. The molecule has 7 nitrogen and oxygen atoms in total. The zero-order valence-corrected chi connectivity index (χ0v) is 10.6. The second-order valence-corrected chi connectivity index (χ2v) is 5.71. The van der Waals surface area contributed by atoms with Crippen molar-refractivity contribution in [3.63, 3.8) is 0 Å². The molecule has 2 unspecified atom stereocenters. The summed E-state index contributed by atoms with van der Waals surface area (Å²) in [5, 5.41) is 0. The zero-order valence-electron chi connectivity index (χ0n) is 9.67. The fourth-order valence-corrected chi connectivity index (χ4v) is 1.17. The first-order chi connectivity index (χ1) is 7.01. The first-order valence-electron chi connectivity index (χ1n) is 4.75. The number of rotatable bonds is 5. The fraction of sp³-hybridized carbons (Fsp3) is 0.875. The molecule has 96 valence electrons. The molecule has 0 radical (unpaired) electrons. The van der Waals surface area contributed by atoms with E-state index in [1.165, 1.54) is 0 Å². The van der Waals surface area contributed by atoms with E-state index < -0.39 is 25.4 Å². The summed E-state index contributed by atoms with van der Waals surface area (Å²) in [6, 6.07) is -0.897. The first kappa shape index (κ1) is 15.5. The van der Waals surface area contributed by atoms with E-state index in [9.17, 15) is 9.36 Å². The molecule has 0 aliphatic rings. The lowest BCUT2D eigenvalue weighted by atomic mass is 10.2. The van der Waals surface area contributed by atoms with Crippen molar-refractivity contribution in [2.45, 2.75) is 38.8 Å². The molecule has 0 aliphatic heterocycles. The minimum absolute atomic E-state index is 0.0661. The van der Waals surface area contributed by atoms with Crippen molar-refractivity contribution in [3.8, 4) is 0 Å². The van der Waals surface area contributed by atoms with Crippen LogP contribution in [0.25, 0.3) is 0 Å². The second-order valence-electron chi connectivity index (χ2n) is 4.33. The molecule has 0 rings (SSSR count). The maximum atomic E-state index is 11.3. The van der Waals surface area contributed by atoms with Gasteiger partial charge in [0.15, 0.2) is 0 Å².